The van der Waals surface area contributed by atoms with Crippen LogP contribution in [0.3, 0.4) is 0 Å². The van der Waals surface area contributed by atoms with Gasteiger partial charge in [-0.2, -0.15) is 0 Å². The summed E-state index contributed by atoms with van der Waals surface area (Å²) in [5.41, 5.74) is -0.735. The van der Waals surface area contributed by atoms with E-state index in [9.17, 15) is 14.7 Å². The summed E-state index contributed by atoms with van der Waals surface area (Å²) < 4.78 is 5.51. The summed E-state index contributed by atoms with van der Waals surface area (Å²) in [4.78, 5) is 29.8. The van der Waals surface area contributed by atoms with Gasteiger partial charge in [-0.3, -0.25) is 4.79 Å². The Hall–Kier alpha value is -2.15. The number of carboxylic acid groups (broad SMARTS) is 1. The van der Waals surface area contributed by atoms with Crippen molar-refractivity contribution < 1.29 is 19.1 Å². The number of nitrogens with zero attached hydrogens (tertiary/aromatic N) is 2. The Morgan fingerprint density at radius 2 is 1.95 bits per heavy atom. The van der Waals surface area contributed by atoms with Gasteiger partial charge in [-0.1, -0.05) is 0 Å². The smallest absolute Gasteiger partial charge is 0.329 e. The lowest BCUT2D eigenvalue weighted by molar-refractivity contribution is -0.147. The predicted octanol–water partition coefficient (Wildman–Crippen LogP) is 2.96. The molecule has 0 bridgehead atoms. The van der Waals surface area contributed by atoms with Crippen LogP contribution in [0, 0.1) is 13.8 Å². The molecule has 0 aliphatic heterocycles. The molecule has 2 aromatic heterocycles. The minimum Gasteiger partial charge on any atom is -0.480 e. The zero-order valence-corrected chi connectivity index (χ0v) is 13.9. The van der Waals surface area contributed by atoms with Crippen molar-refractivity contribution in [1.82, 2.24) is 9.88 Å². The molecule has 0 fully saturated rings. The fourth-order valence-electron chi connectivity index (χ4n) is 1.80. The van der Waals surface area contributed by atoms with Gasteiger partial charge in [0.2, 0.25) is 0 Å². The lowest BCUT2D eigenvalue weighted by Crippen LogP contribution is -2.50. The van der Waals surface area contributed by atoms with Gasteiger partial charge in [0.25, 0.3) is 5.91 Å². The first-order chi connectivity index (χ1) is 10.1. The van der Waals surface area contributed by atoms with Gasteiger partial charge in [-0.15, -0.1) is 11.3 Å². The number of carboxylic acids is 1. The van der Waals surface area contributed by atoms with E-state index < -0.39 is 11.5 Å². The summed E-state index contributed by atoms with van der Waals surface area (Å²) in [5.74, 6) is -0.0611. The number of furan rings is 1. The molecule has 0 aromatic carbocycles. The van der Waals surface area contributed by atoms with Crippen LogP contribution in [0.15, 0.2) is 16.5 Å². The number of rotatable bonds is 4. The van der Waals surface area contributed by atoms with Crippen LogP contribution in [0.5, 0.6) is 0 Å². The highest BCUT2D eigenvalue weighted by molar-refractivity contribution is 7.17. The van der Waals surface area contributed by atoms with Gasteiger partial charge in [0.15, 0.2) is 10.8 Å². The Morgan fingerprint density at radius 3 is 2.45 bits per heavy atom. The minimum absolute atomic E-state index is 0.364. The lowest BCUT2D eigenvalue weighted by Gasteiger charge is -2.31. The summed E-state index contributed by atoms with van der Waals surface area (Å²) in [7, 11) is 1.48. The summed E-state index contributed by atoms with van der Waals surface area (Å²) in [5, 5.41) is 9.85. The molecule has 0 aliphatic rings. The molecule has 22 heavy (non-hydrogen) atoms. The van der Waals surface area contributed by atoms with Crippen LogP contribution in [0.25, 0.3) is 10.8 Å². The summed E-state index contributed by atoms with van der Waals surface area (Å²) in [6.45, 7) is 6.53. The van der Waals surface area contributed by atoms with Crippen molar-refractivity contribution in [1.29, 1.82) is 0 Å². The summed E-state index contributed by atoms with van der Waals surface area (Å²) in [6, 6.07) is 3.62. The van der Waals surface area contributed by atoms with Gasteiger partial charge in [0.05, 0.1) is 5.69 Å². The van der Waals surface area contributed by atoms with Crippen LogP contribution in [-0.4, -0.2) is 39.5 Å². The van der Waals surface area contributed by atoms with Crippen LogP contribution in [-0.2, 0) is 4.79 Å². The molecule has 0 saturated carbocycles. The molecule has 7 heteroatoms. The maximum absolute atomic E-state index is 12.6. The number of aryl methyl sites for hydroxylation is 2. The standard InChI is InChI=1S/C15H18N2O4S/c1-8-6-7-10(21-8)12-16-9(2)11(22-12)13(18)17(5)15(3,4)14(19)20/h6-7H,1-5H3,(H,19,20). The maximum Gasteiger partial charge on any atom is 0.329 e. The van der Waals surface area contributed by atoms with E-state index in [1.165, 1.54) is 37.1 Å². The van der Waals surface area contributed by atoms with Gasteiger partial charge in [-0.25, -0.2) is 9.78 Å². The molecular weight excluding hydrogens is 304 g/mol. The second-order valence-electron chi connectivity index (χ2n) is 5.57. The molecule has 0 aliphatic carbocycles. The average Bonchev–Trinajstić information content (AvgIpc) is 3.03. The number of amides is 1. The lowest BCUT2D eigenvalue weighted by atomic mass is 10.0. The Balaban J connectivity index is 2.35. The number of carbonyl (C=O) groups is 2. The minimum atomic E-state index is -1.30. The van der Waals surface area contributed by atoms with E-state index in [1.54, 1.807) is 13.0 Å². The quantitative estimate of drug-likeness (QED) is 0.935. The van der Waals surface area contributed by atoms with Gasteiger partial charge < -0.3 is 14.4 Å². The van der Waals surface area contributed by atoms with Crippen LogP contribution in [0.2, 0.25) is 0 Å². The molecule has 0 radical (unpaired) electrons. The van der Waals surface area contributed by atoms with Crippen molar-refractivity contribution in [2.24, 2.45) is 0 Å². The first-order valence-corrected chi connectivity index (χ1v) is 7.52. The van der Waals surface area contributed by atoms with E-state index in [1.807, 2.05) is 13.0 Å². The second kappa shape index (κ2) is 5.57. The van der Waals surface area contributed by atoms with Crippen LogP contribution >= 0.6 is 11.3 Å². The average molecular weight is 322 g/mol. The van der Waals surface area contributed by atoms with Crippen molar-refractivity contribution in [2.45, 2.75) is 33.2 Å². The number of likely N-dealkylation sites (N-methyl/N-ethyl adjacent to an activating group) is 1. The number of hydrogen-bond donors (Lipinski definition) is 1. The van der Waals surface area contributed by atoms with Gasteiger partial charge in [-0.05, 0) is 39.8 Å². The Morgan fingerprint density at radius 1 is 1.32 bits per heavy atom. The monoisotopic (exact) mass is 322 g/mol. The SMILES string of the molecule is Cc1ccc(-c2nc(C)c(C(=O)N(C)C(C)(C)C(=O)O)s2)o1. The highest BCUT2D eigenvalue weighted by Crippen LogP contribution is 2.31. The second-order valence-corrected chi connectivity index (χ2v) is 6.57. The van der Waals surface area contributed by atoms with E-state index in [-0.39, 0.29) is 5.91 Å². The van der Waals surface area contributed by atoms with Gasteiger partial charge in [0.1, 0.15) is 16.2 Å². The van der Waals surface area contributed by atoms with Crippen molar-refractivity contribution in [3.05, 3.63) is 28.5 Å². The zero-order chi connectivity index (χ0) is 16.7. The van der Waals surface area contributed by atoms with E-state index in [0.29, 0.717) is 21.3 Å². The molecule has 2 rings (SSSR count). The first kappa shape index (κ1) is 16.2. The number of aliphatic carboxylic acids is 1. The fourth-order valence-corrected chi connectivity index (χ4v) is 2.80. The number of carbonyl (C=O) groups excluding carboxylic acids is 1. The van der Waals surface area contributed by atoms with Crippen molar-refractivity contribution in [2.75, 3.05) is 7.05 Å². The fraction of sp³-hybridized carbons (Fsp3) is 0.400. The highest BCUT2D eigenvalue weighted by Gasteiger charge is 2.37. The van der Waals surface area contributed by atoms with Crippen molar-refractivity contribution in [3.8, 4) is 10.8 Å². The number of thiazole rings is 1. The molecule has 0 atom stereocenters. The molecule has 2 aromatic rings. The van der Waals surface area contributed by atoms with Crippen molar-refractivity contribution in [3.63, 3.8) is 0 Å². The van der Waals surface area contributed by atoms with E-state index in [2.05, 4.69) is 4.98 Å². The van der Waals surface area contributed by atoms with E-state index >= 15 is 0 Å². The Kier molecular flexibility index (Phi) is 4.10. The summed E-state index contributed by atoms with van der Waals surface area (Å²) in [6.07, 6.45) is 0. The Labute approximate surface area is 132 Å². The molecule has 118 valence electrons. The number of aromatic nitrogens is 1. The maximum atomic E-state index is 12.6. The van der Waals surface area contributed by atoms with Crippen LogP contribution < -0.4 is 0 Å². The molecule has 0 saturated heterocycles. The third kappa shape index (κ3) is 2.76. The van der Waals surface area contributed by atoms with Gasteiger partial charge >= 0.3 is 5.97 Å². The summed E-state index contributed by atoms with van der Waals surface area (Å²) >= 11 is 1.20. The third-order valence-electron chi connectivity index (χ3n) is 3.61. The van der Waals surface area contributed by atoms with Crippen molar-refractivity contribution >= 4 is 23.2 Å². The molecule has 6 nitrogen and oxygen atoms in total. The normalized spacial score (nSPS) is 11.5. The molecule has 0 spiro atoms. The molecule has 0 unspecified atom stereocenters. The van der Waals surface area contributed by atoms with Crippen LogP contribution in [0.1, 0.15) is 35.0 Å². The molecular formula is C15H18N2O4S. The predicted molar refractivity (Wildman–Crippen MR) is 83.1 cm³/mol. The highest BCUT2D eigenvalue weighted by atomic mass is 32.1. The molecule has 1 N–H and O–H groups in total. The molecule has 1 amide bonds. The van der Waals surface area contributed by atoms with Crippen LogP contribution in [0.4, 0.5) is 0 Å². The molecule has 2 heterocycles. The zero-order valence-electron chi connectivity index (χ0n) is 13.1. The van der Waals surface area contributed by atoms with Gasteiger partial charge in [0, 0.05) is 7.05 Å². The topological polar surface area (TPSA) is 83.6 Å². The largest absolute Gasteiger partial charge is 0.480 e. The van der Waals surface area contributed by atoms with E-state index in [0.717, 1.165) is 5.76 Å². The van der Waals surface area contributed by atoms with E-state index in [4.69, 9.17) is 4.42 Å². The first-order valence-electron chi connectivity index (χ1n) is 6.70. The Bertz CT molecular complexity index is 730. The third-order valence-corrected chi connectivity index (χ3v) is 4.77. The number of hydrogen-bond acceptors (Lipinski definition) is 5.